The van der Waals surface area contributed by atoms with Crippen LogP contribution in [0.2, 0.25) is 0 Å². The number of amides is 2. The Bertz CT molecular complexity index is 1050. The number of fused-ring (bicyclic) bond motifs is 1. The number of aromatic nitrogens is 3. The number of carboxylic acid groups (broad SMARTS) is 1. The molecule has 1 saturated heterocycles. The number of thiazole rings is 1. The molecule has 0 spiro atoms. The van der Waals surface area contributed by atoms with Crippen LogP contribution in [0, 0.1) is 0 Å². The lowest BCUT2D eigenvalue weighted by Gasteiger charge is -2.49. The first-order valence-electron chi connectivity index (χ1n) is 8.84. The number of nitrogens with two attached hydrogens (primary N) is 1. The number of carbonyl (C=O) groups excluding carboxylic acids is 2. The van der Waals surface area contributed by atoms with E-state index in [0.29, 0.717) is 27.9 Å². The largest absolute Gasteiger partial charge is 0.477 e. The highest BCUT2D eigenvalue weighted by atomic mass is 32.2. The maximum Gasteiger partial charge on any atom is 0.352 e. The van der Waals surface area contributed by atoms with Crippen LogP contribution in [-0.2, 0) is 27.9 Å². The van der Waals surface area contributed by atoms with Gasteiger partial charge in [-0.15, -0.1) is 23.1 Å². The molecule has 0 radical (unpaired) electrons. The smallest absolute Gasteiger partial charge is 0.352 e. The second kappa shape index (κ2) is 8.32. The summed E-state index contributed by atoms with van der Waals surface area (Å²) in [6, 6.07) is -0.753. The molecule has 0 bridgehead atoms. The topological polar surface area (TPSA) is 143 Å². The van der Waals surface area contributed by atoms with Crippen molar-refractivity contribution < 1.29 is 19.5 Å². The number of carboxylic acids is 1. The number of hydrogen-bond donors (Lipinski definition) is 3. The molecule has 0 aliphatic carbocycles. The zero-order valence-electron chi connectivity index (χ0n) is 15.8. The summed E-state index contributed by atoms with van der Waals surface area (Å²) < 4.78 is 1.85. The minimum Gasteiger partial charge on any atom is -0.477 e. The van der Waals surface area contributed by atoms with Crippen molar-refractivity contribution in [2.75, 3.05) is 17.2 Å². The minimum absolute atomic E-state index is 0.00299. The molecule has 30 heavy (non-hydrogen) atoms. The molecule has 2 atom stereocenters. The summed E-state index contributed by atoms with van der Waals surface area (Å²) in [4.78, 5) is 46.4. The average molecular weight is 467 g/mol. The minimum atomic E-state index is -1.15. The van der Waals surface area contributed by atoms with Crippen LogP contribution < -0.4 is 11.1 Å². The monoisotopic (exact) mass is 466 g/mol. The molecule has 158 valence electrons. The van der Waals surface area contributed by atoms with Crippen LogP contribution in [-0.4, -0.2) is 65.2 Å². The number of aliphatic carboxylic acids is 1. The lowest BCUT2D eigenvalue weighted by atomic mass is 10.0. The highest BCUT2D eigenvalue weighted by Crippen LogP contribution is 2.41. The Hall–Kier alpha value is -2.51. The Morgan fingerprint density at radius 3 is 2.90 bits per heavy atom. The van der Waals surface area contributed by atoms with Crippen molar-refractivity contribution in [2.24, 2.45) is 7.05 Å². The molecule has 0 aromatic carbocycles. The Labute approximate surface area is 183 Å². The number of nitrogens with one attached hydrogen (secondary N) is 1. The molecule has 2 aromatic rings. The fourth-order valence-corrected chi connectivity index (χ4v) is 6.21. The molecule has 4 rings (SSSR count). The number of thioether (sulfide) groups is 2. The molecular formula is C17H18N6O4S3. The molecule has 2 aliphatic rings. The van der Waals surface area contributed by atoms with Crippen molar-refractivity contribution in [3.63, 3.8) is 0 Å². The van der Waals surface area contributed by atoms with E-state index in [4.69, 9.17) is 5.73 Å². The van der Waals surface area contributed by atoms with Crippen molar-refractivity contribution in [1.29, 1.82) is 0 Å². The quantitative estimate of drug-likeness (QED) is 0.393. The van der Waals surface area contributed by atoms with Gasteiger partial charge >= 0.3 is 5.97 Å². The number of nitrogen functional groups attached to an aromatic ring is 1. The summed E-state index contributed by atoms with van der Waals surface area (Å²) in [5.41, 5.74) is 6.77. The predicted molar refractivity (Wildman–Crippen MR) is 114 cm³/mol. The number of β-lactam (4-membered cyclic amide) rings is 1. The van der Waals surface area contributed by atoms with E-state index in [2.05, 4.69) is 15.3 Å². The van der Waals surface area contributed by atoms with Gasteiger partial charge in [0.25, 0.3) is 5.91 Å². The van der Waals surface area contributed by atoms with E-state index in [-0.39, 0.29) is 18.0 Å². The molecule has 1 fully saturated rings. The zero-order valence-corrected chi connectivity index (χ0v) is 18.2. The Morgan fingerprint density at radius 1 is 1.47 bits per heavy atom. The van der Waals surface area contributed by atoms with Gasteiger partial charge in [-0.05, 0) is 5.57 Å². The number of nitrogens with zero attached hydrogens (tertiary/aromatic N) is 4. The first-order valence-corrected chi connectivity index (χ1v) is 11.8. The summed E-state index contributed by atoms with van der Waals surface area (Å²) >= 11 is 4.10. The van der Waals surface area contributed by atoms with Gasteiger partial charge in [0, 0.05) is 36.3 Å². The SMILES string of the molecule is Cn1ccnc1SCC1=C(C(=O)O)N2C(=O)C(NC(=O)Cc3csc(N)n3)[C@H]2SC1. The number of carbonyl (C=O) groups is 3. The summed E-state index contributed by atoms with van der Waals surface area (Å²) in [6.45, 7) is 0. The third kappa shape index (κ3) is 3.91. The lowest BCUT2D eigenvalue weighted by Crippen LogP contribution is -2.70. The molecule has 1 unspecified atom stereocenters. The summed E-state index contributed by atoms with van der Waals surface area (Å²) in [5, 5.41) is 14.8. The normalized spacial score (nSPS) is 20.7. The third-order valence-electron chi connectivity index (χ3n) is 4.63. The molecule has 13 heteroatoms. The van der Waals surface area contributed by atoms with Gasteiger partial charge in [0.05, 0.1) is 12.1 Å². The first-order chi connectivity index (χ1) is 14.3. The predicted octanol–water partition coefficient (Wildman–Crippen LogP) is 0.532. The van der Waals surface area contributed by atoms with E-state index in [0.717, 1.165) is 5.16 Å². The van der Waals surface area contributed by atoms with Gasteiger partial charge in [0.15, 0.2) is 10.3 Å². The van der Waals surface area contributed by atoms with Crippen molar-refractivity contribution in [3.8, 4) is 0 Å². The van der Waals surface area contributed by atoms with E-state index in [1.165, 1.54) is 39.8 Å². The first kappa shape index (κ1) is 20.8. The molecule has 4 heterocycles. The van der Waals surface area contributed by atoms with Gasteiger partial charge in [-0.1, -0.05) is 11.8 Å². The van der Waals surface area contributed by atoms with Crippen molar-refractivity contribution in [2.45, 2.75) is 23.0 Å². The van der Waals surface area contributed by atoms with Crippen LogP contribution in [0.25, 0.3) is 0 Å². The average Bonchev–Trinajstić information content (AvgIpc) is 3.31. The molecule has 4 N–H and O–H groups in total. The van der Waals surface area contributed by atoms with Gasteiger partial charge in [0.1, 0.15) is 17.1 Å². The van der Waals surface area contributed by atoms with Gasteiger partial charge in [-0.3, -0.25) is 14.5 Å². The van der Waals surface area contributed by atoms with Crippen LogP contribution in [0.3, 0.4) is 0 Å². The number of hydrogen-bond acceptors (Lipinski definition) is 9. The second-order valence-electron chi connectivity index (χ2n) is 6.68. The van der Waals surface area contributed by atoms with E-state index < -0.39 is 23.3 Å². The number of anilines is 1. The Morgan fingerprint density at radius 2 is 2.27 bits per heavy atom. The number of aryl methyl sites for hydroxylation is 1. The van der Waals surface area contributed by atoms with Gasteiger partial charge < -0.3 is 20.7 Å². The summed E-state index contributed by atoms with van der Waals surface area (Å²) in [5.74, 6) is -1.04. The highest BCUT2D eigenvalue weighted by molar-refractivity contribution is 8.01. The van der Waals surface area contributed by atoms with Crippen LogP contribution in [0.1, 0.15) is 5.69 Å². The Balaban J connectivity index is 1.44. The van der Waals surface area contributed by atoms with Crippen LogP contribution in [0.4, 0.5) is 5.13 Å². The maximum absolute atomic E-state index is 12.7. The van der Waals surface area contributed by atoms with E-state index in [9.17, 15) is 19.5 Å². The number of rotatable bonds is 7. The number of imidazole rings is 1. The van der Waals surface area contributed by atoms with Gasteiger partial charge in [-0.25, -0.2) is 14.8 Å². The van der Waals surface area contributed by atoms with Crippen molar-refractivity contribution in [3.05, 3.63) is 34.7 Å². The maximum atomic E-state index is 12.7. The molecule has 2 amide bonds. The molecule has 2 aliphatic heterocycles. The van der Waals surface area contributed by atoms with E-state index >= 15 is 0 Å². The summed E-state index contributed by atoms with van der Waals surface area (Å²) in [6.07, 6.45) is 3.50. The van der Waals surface area contributed by atoms with Crippen LogP contribution >= 0.6 is 34.9 Å². The fourth-order valence-electron chi connectivity index (χ4n) is 3.23. The van der Waals surface area contributed by atoms with Gasteiger partial charge in [-0.2, -0.15) is 0 Å². The van der Waals surface area contributed by atoms with Crippen molar-refractivity contribution >= 4 is 57.8 Å². The molecule has 2 aromatic heterocycles. The fraction of sp³-hybridized carbons (Fsp3) is 0.353. The zero-order chi connectivity index (χ0) is 21.4. The van der Waals surface area contributed by atoms with E-state index in [1.54, 1.807) is 11.6 Å². The highest BCUT2D eigenvalue weighted by Gasteiger charge is 2.54. The standard InChI is InChI=1S/C17H18N6O4S3/c1-22-3-2-19-17(22)30-6-8-5-28-14-11(13(25)23(14)12(8)15(26)27)21-10(24)4-9-7-29-16(18)20-9/h2-3,7,11,14H,4-6H2,1H3,(H2,18,20)(H,21,24)(H,26,27)/t11?,14-/m1/s1. The summed E-state index contributed by atoms with van der Waals surface area (Å²) in [7, 11) is 1.86. The van der Waals surface area contributed by atoms with Crippen molar-refractivity contribution in [1.82, 2.24) is 24.8 Å². The van der Waals surface area contributed by atoms with E-state index in [1.807, 2.05) is 17.8 Å². The third-order valence-corrected chi connectivity index (χ3v) is 7.84. The Kier molecular flexibility index (Phi) is 5.75. The molecule has 10 nitrogen and oxygen atoms in total. The molecule has 0 saturated carbocycles. The van der Waals surface area contributed by atoms with Crippen LogP contribution in [0.15, 0.2) is 34.2 Å². The van der Waals surface area contributed by atoms with Gasteiger partial charge in [0.2, 0.25) is 5.91 Å². The second-order valence-corrected chi connectivity index (χ2v) is 9.61. The lowest BCUT2D eigenvalue weighted by molar-refractivity contribution is -0.150. The van der Waals surface area contributed by atoms with Crippen LogP contribution in [0.5, 0.6) is 0 Å². The molecular weight excluding hydrogens is 448 g/mol.